The molecule has 0 spiro atoms. The van der Waals surface area contributed by atoms with Crippen molar-refractivity contribution in [1.29, 1.82) is 0 Å². The Morgan fingerprint density at radius 2 is 2.45 bits per heavy atom. The number of aromatic nitrogens is 2. The highest BCUT2D eigenvalue weighted by Crippen LogP contribution is 2.29. The lowest BCUT2D eigenvalue weighted by atomic mass is 10.1. The van der Waals surface area contributed by atoms with E-state index in [-0.39, 0.29) is 6.61 Å². The minimum absolute atomic E-state index is 0.280. The van der Waals surface area contributed by atoms with Gasteiger partial charge in [-0.15, -0.1) is 11.3 Å². The molecule has 5 nitrogen and oxygen atoms in total. The van der Waals surface area contributed by atoms with Gasteiger partial charge in [-0.1, -0.05) is 6.92 Å². The Bertz CT molecular complexity index is 565. The lowest BCUT2D eigenvalue weighted by Gasteiger charge is -2.17. The fraction of sp³-hybridized carbons (Fsp3) is 0.643. The summed E-state index contributed by atoms with van der Waals surface area (Å²) >= 11 is 1.67. The molecule has 1 atom stereocenters. The van der Waals surface area contributed by atoms with E-state index in [0.717, 1.165) is 49.8 Å². The van der Waals surface area contributed by atoms with Crippen LogP contribution in [0.4, 0.5) is 5.82 Å². The molecule has 3 rings (SSSR count). The largest absolute Gasteiger partial charge is 0.396 e. The van der Waals surface area contributed by atoms with Crippen LogP contribution in [0.1, 0.15) is 25.5 Å². The van der Waals surface area contributed by atoms with Crippen molar-refractivity contribution in [1.82, 2.24) is 14.7 Å². The van der Waals surface area contributed by atoms with Crippen molar-refractivity contribution < 1.29 is 5.11 Å². The average molecular weight is 294 g/mol. The van der Waals surface area contributed by atoms with Crippen molar-refractivity contribution in [2.75, 3.05) is 31.1 Å². The van der Waals surface area contributed by atoms with Crippen LogP contribution in [0, 0.1) is 5.92 Å². The first-order valence-electron chi connectivity index (χ1n) is 7.34. The van der Waals surface area contributed by atoms with Gasteiger partial charge in [0.25, 0.3) is 0 Å². The number of anilines is 1. The maximum Gasteiger partial charge on any atom is 0.195 e. The van der Waals surface area contributed by atoms with Crippen molar-refractivity contribution in [3.05, 3.63) is 17.3 Å². The summed E-state index contributed by atoms with van der Waals surface area (Å²) in [5.41, 5.74) is 1.24. The van der Waals surface area contributed by atoms with E-state index in [1.54, 1.807) is 11.3 Å². The smallest absolute Gasteiger partial charge is 0.195 e. The number of rotatable bonds is 6. The third-order valence-corrected chi connectivity index (χ3v) is 4.66. The molecule has 110 valence electrons. The highest BCUT2D eigenvalue weighted by molar-refractivity contribution is 7.15. The summed E-state index contributed by atoms with van der Waals surface area (Å²) < 4.78 is 2.19. The number of nitrogens with one attached hydrogen (secondary N) is 1. The van der Waals surface area contributed by atoms with E-state index in [1.165, 1.54) is 5.69 Å². The molecule has 0 bridgehead atoms. The van der Waals surface area contributed by atoms with Crippen LogP contribution in [0.5, 0.6) is 0 Å². The average Bonchev–Trinajstić information content (AvgIpc) is 3.14. The van der Waals surface area contributed by atoms with Crippen molar-refractivity contribution in [3.63, 3.8) is 0 Å². The van der Waals surface area contributed by atoms with E-state index in [0.29, 0.717) is 5.92 Å². The highest BCUT2D eigenvalue weighted by Gasteiger charge is 2.26. The maximum absolute atomic E-state index is 9.31. The molecule has 3 heterocycles. The van der Waals surface area contributed by atoms with Gasteiger partial charge in [0.2, 0.25) is 0 Å². The molecular formula is C14H22N4OS. The Hall–Kier alpha value is -1.11. The fourth-order valence-electron chi connectivity index (χ4n) is 2.80. The van der Waals surface area contributed by atoms with Crippen molar-refractivity contribution >= 4 is 22.1 Å². The van der Waals surface area contributed by atoms with Crippen molar-refractivity contribution in [2.24, 2.45) is 5.92 Å². The fourth-order valence-corrected chi connectivity index (χ4v) is 3.52. The molecule has 6 heteroatoms. The van der Waals surface area contributed by atoms with E-state index in [1.807, 2.05) is 0 Å². The Kier molecular flexibility index (Phi) is 4.24. The van der Waals surface area contributed by atoms with Gasteiger partial charge >= 0.3 is 0 Å². The normalized spacial score (nSPS) is 19.3. The monoisotopic (exact) mass is 294 g/mol. The summed E-state index contributed by atoms with van der Waals surface area (Å²) in [6.45, 7) is 6.25. The molecule has 1 fully saturated rings. The van der Waals surface area contributed by atoms with E-state index in [9.17, 15) is 5.11 Å². The first kappa shape index (κ1) is 13.9. The van der Waals surface area contributed by atoms with Gasteiger partial charge in [-0.05, 0) is 19.4 Å². The molecule has 20 heavy (non-hydrogen) atoms. The van der Waals surface area contributed by atoms with Crippen LogP contribution in [-0.2, 0) is 6.54 Å². The molecule has 0 radical (unpaired) electrons. The molecule has 0 saturated carbocycles. The van der Waals surface area contributed by atoms with Gasteiger partial charge in [-0.25, -0.2) is 4.98 Å². The molecule has 2 aromatic rings. The quantitative estimate of drug-likeness (QED) is 0.797. The summed E-state index contributed by atoms with van der Waals surface area (Å²) in [5.74, 6) is 1.49. The second-order valence-electron chi connectivity index (χ2n) is 5.40. The Morgan fingerprint density at radius 1 is 1.55 bits per heavy atom. The van der Waals surface area contributed by atoms with Crippen LogP contribution >= 0.6 is 11.3 Å². The molecule has 1 aliphatic heterocycles. The molecule has 0 aliphatic carbocycles. The molecule has 1 unspecified atom stereocenters. The number of aliphatic hydroxyl groups excluding tert-OH is 1. The Labute approximate surface area is 123 Å². The van der Waals surface area contributed by atoms with Crippen LogP contribution in [0.2, 0.25) is 0 Å². The molecule has 1 saturated heterocycles. The predicted molar refractivity (Wildman–Crippen MR) is 82.5 cm³/mol. The summed E-state index contributed by atoms with van der Waals surface area (Å²) in [4.78, 5) is 8.17. The standard InChI is InChI=1S/C14H22N4OS/c1-2-4-15-8-12-13(16-14-18(12)6-7-20-14)17-5-3-11(9-17)10-19/h6-7,11,15,19H,2-5,8-10H2,1H3. The third-order valence-electron chi connectivity index (χ3n) is 3.90. The van der Waals surface area contributed by atoms with Crippen molar-refractivity contribution in [2.45, 2.75) is 26.3 Å². The van der Waals surface area contributed by atoms with Crippen LogP contribution < -0.4 is 10.2 Å². The maximum atomic E-state index is 9.31. The van der Waals surface area contributed by atoms with Gasteiger partial charge in [0.15, 0.2) is 10.8 Å². The molecule has 2 N–H and O–H groups in total. The number of fused-ring (bicyclic) bond motifs is 1. The lowest BCUT2D eigenvalue weighted by molar-refractivity contribution is 0.238. The minimum Gasteiger partial charge on any atom is -0.396 e. The minimum atomic E-state index is 0.280. The first-order valence-corrected chi connectivity index (χ1v) is 8.22. The number of imidazole rings is 1. The summed E-state index contributed by atoms with van der Waals surface area (Å²) in [6, 6.07) is 0. The summed E-state index contributed by atoms with van der Waals surface area (Å²) in [5, 5.41) is 14.9. The van der Waals surface area contributed by atoms with Gasteiger partial charge in [0.1, 0.15) is 0 Å². The summed E-state index contributed by atoms with van der Waals surface area (Å²) in [6.07, 6.45) is 4.29. The zero-order valence-electron chi connectivity index (χ0n) is 11.9. The second-order valence-corrected chi connectivity index (χ2v) is 6.27. The van der Waals surface area contributed by atoms with E-state index >= 15 is 0 Å². The van der Waals surface area contributed by atoms with Crippen LogP contribution in [0.15, 0.2) is 11.6 Å². The predicted octanol–water partition coefficient (Wildman–Crippen LogP) is 1.71. The zero-order valence-corrected chi connectivity index (χ0v) is 12.7. The number of hydrogen-bond acceptors (Lipinski definition) is 5. The van der Waals surface area contributed by atoms with Crippen molar-refractivity contribution in [3.8, 4) is 0 Å². The molecule has 2 aromatic heterocycles. The van der Waals surface area contributed by atoms with Gasteiger partial charge in [0, 0.05) is 43.7 Å². The topological polar surface area (TPSA) is 52.8 Å². The number of hydrogen-bond donors (Lipinski definition) is 2. The van der Waals surface area contributed by atoms with Gasteiger partial charge in [0.05, 0.1) is 5.69 Å². The van der Waals surface area contributed by atoms with Gasteiger partial charge < -0.3 is 15.3 Å². The highest BCUT2D eigenvalue weighted by atomic mass is 32.1. The molecule has 0 amide bonds. The van der Waals surface area contributed by atoms with Gasteiger partial charge in [-0.3, -0.25) is 4.40 Å². The van der Waals surface area contributed by atoms with Gasteiger partial charge in [-0.2, -0.15) is 0 Å². The SMILES string of the molecule is CCCNCc1c(N2CCC(CO)C2)nc2sccn12. The van der Waals surface area contributed by atoms with Crippen LogP contribution in [0.25, 0.3) is 4.96 Å². The number of aliphatic hydroxyl groups is 1. The van der Waals surface area contributed by atoms with E-state index < -0.39 is 0 Å². The zero-order chi connectivity index (χ0) is 13.9. The van der Waals surface area contributed by atoms with Crippen LogP contribution in [-0.4, -0.2) is 40.7 Å². The third kappa shape index (κ3) is 2.55. The molecule has 0 aromatic carbocycles. The summed E-state index contributed by atoms with van der Waals surface area (Å²) in [7, 11) is 0. The van der Waals surface area contributed by atoms with E-state index in [2.05, 4.69) is 33.1 Å². The second kappa shape index (κ2) is 6.11. The Morgan fingerprint density at radius 3 is 3.20 bits per heavy atom. The van der Waals surface area contributed by atoms with Crippen LogP contribution in [0.3, 0.4) is 0 Å². The van der Waals surface area contributed by atoms with E-state index in [4.69, 9.17) is 4.98 Å². The number of nitrogens with zero attached hydrogens (tertiary/aromatic N) is 3. The molecular weight excluding hydrogens is 272 g/mol. The lowest BCUT2D eigenvalue weighted by Crippen LogP contribution is -2.24. The first-order chi connectivity index (χ1) is 9.83. The number of thiazole rings is 1. The molecule has 1 aliphatic rings. The Balaban J connectivity index is 1.85.